The maximum absolute atomic E-state index is 12.3. The van der Waals surface area contributed by atoms with Crippen LogP contribution in [0.4, 0.5) is 14.5 Å². The van der Waals surface area contributed by atoms with E-state index in [1.807, 2.05) is 4.98 Å². The summed E-state index contributed by atoms with van der Waals surface area (Å²) in [5.74, 6) is 0. The number of nitrogens with one attached hydrogen (secondary N) is 1. The Labute approximate surface area is 81.3 Å². The van der Waals surface area contributed by atoms with Crippen LogP contribution in [-0.4, -0.2) is 15.0 Å². The lowest BCUT2D eigenvalue weighted by atomic mass is 10.1. The van der Waals surface area contributed by atoms with Crippen molar-refractivity contribution >= 4 is 5.69 Å². The predicted octanol–water partition coefficient (Wildman–Crippen LogP) is 0.713. The number of aromatic nitrogens is 1. The smallest absolute Gasteiger partial charge is 0.290 e. The topological polar surface area (TPSA) is 96.2 Å². The summed E-state index contributed by atoms with van der Waals surface area (Å²) in [4.78, 5) is 22.2. The first-order valence-electron chi connectivity index (χ1n) is 3.77. The summed E-state index contributed by atoms with van der Waals surface area (Å²) in [6.45, 7) is -0.966. The Kier molecular flexibility index (Phi) is 3.10. The fraction of sp³-hybridized carbons (Fsp3) is 0.286. The van der Waals surface area contributed by atoms with Gasteiger partial charge in [-0.05, 0) is 0 Å². The SMILES string of the molecule is O=c1[nH]cc(C(F)F)c([N+](=O)[O-])c1CO. The maximum Gasteiger partial charge on any atom is 0.290 e. The average Bonchev–Trinajstić information content (AvgIpc) is 2.16. The van der Waals surface area contributed by atoms with Crippen molar-refractivity contribution in [2.45, 2.75) is 13.0 Å². The van der Waals surface area contributed by atoms with E-state index in [-0.39, 0.29) is 0 Å². The van der Waals surface area contributed by atoms with Gasteiger partial charge in [-0.1, -0.05) is 0 Å². The molecule has 2 N–H and O–H groups in total. The van der Waals surface area contributed by atoms with Gasteiger partial charge in [0.05, 0.1) is 11.5 Å². The molecule has 6 nitrogen and oxygen atoms in total. The lowest BCUT2D eigenvalue weighted by Gasteiger charge is -2.03. The van der Waals surface area contributed by atoms with Gasteiger partial charge in [-0.25, -0.2) is 8.78 Å². The Hall–Kier alpha value is -1.83. The zero-order valence-electron chi connectivity index (χ0n) is 7.24. The molecule has 0 spiro atoms. The van der Waals surface area contributed by atoms with Crippen LogP contribution >= 0.6 is 0 Å². The van der Waals surface area contributed by atoms with Gasteiger partial charge in [-0.2, -0.15) is 0 Å². The van der Waals surface area contributed by atoms with Crippen molar-refractivity contribution in [1.29, 1.82) is 0 Å². The molecule has 1 rings (SSSR count). The van der Waals surface area contributed by atoms with Crippen LogP contribution in [-0.2, 0) is 6.61 Å². The molecule has 0 amide bonds. The minimum absolute atomic E-state index is 0.574. The van der Waals surface area contributed by atoms with Gasteiger partial charge in [-0.3, -0.25) is 14.9 Å². The van der Waals surface area contributed by atoms with Crippen LogP contribution in [0.15, 0.2) is 11.0 Å². The molecule has 1 aromatic heterocycles. The summed E-state index contributed by atoms with van der Waals surface area (Å²) in [5.41, 5.74) is -3.56. The van der Waals surface area contributed by atoms with E-state index in [2.05, 4.69) is 0 Å². The second kappa shape index (κ2) is 4.13. The number of nitrogens with zero attached hydrogens (tertiary/aromatic N) is 1. The number of alkyl halides is 2. The number of aliphatic hydroxyl groups is 1. The summed E-state index contributed by atoms with van der Waals surface area (Å²) >= 11 is 0. The number of aliphatic hydroxyl groups excluding tert-OH is 1. The second-order valence-corrected chi connectivity index (χ2v) is 2.62. The van der Waals surface area contributed by atoms with Crippen molar-refractivity contribution in [2.75, 3.05) is 0 Å². The van der Waals surface area contributed by atoms with E-state index in [0.717, 1.165) is 0 Å². The molecule has 0 aromatic carbocycles. The summed E-state index contributed by atoms with van der Waals surface area (Å²) in [7, 11) is 0. The van der Waals surface area contributed by atoms with Gasteiger partial charge < -0.3 is 10.1 Å². The third-order valence-electron chi connectivity index (χ3n) is 1.77. The van der Waals surface area contributed by atoms with Crippen LogP contribution in [0.1, 0.15) is 17.6 Å². The number of hydrogen-bond donors (Lipinski definition) is 2. The summed E-state index contributed by atoms with van der Waals surface area (Å²) in [5, 5.41) is 19.2. The minimum Gasteiger partial charge on any atom is -0.391 e. The number of rotatable bonds is 3. The molecule has 0 radical (unpaired) electrons. The third-order valence-corrected chi connectivity index (χ3v) is 1.77. The quantitative estimate of drug-likeness (QED) is 0.579. The number of H-pyrrole nitrogens is 1. The highest BCUT2D eigenvalue weighted by atomic mass is 19.3. The van der Waals surface area contributed by atoms with Crippen LogP contribution in [0.2, 0.25) is 0 Å². The standard InChI is InChI=1S/C7H6F2N2O4/c8-6(9)3-1-10-7(13)4(2-12)5(3)11(14)15/h1,6,12H,2H2,(H,10,13). The largest absolute Gasteiger partial charge is 0.391 e. The van der Waals surface area contributed by atoms with E-state index >= 15 is 0 Å². The molecule has 0 atom stereocenters. The van der Waals surface area contributed by atoms with E-state index in [0.29, 0.717) is 6.20 Å². The van der Waals surface area contributed by atoms with Gasteiger partial charge in [0.25, 0.3) is 17.7 Å². The summed E-state index contributed by atoms with van der Waals surface area (Å²) < 4.78 is 24.7. The molecular weight excluding hydrogens is 214 g/mol. The molecule has 0 saturated carbocycles. The van der Waals surface area contributed by atoms with Crippen LogP contribution in [0.25, 0.3) is 0 Å². The van der Waals surface area contributed by atoms with E-state index in [4.69, 9.17) is 5.11 Å². The van der Waals surface area contributed by atoms with Crippen molar-refractivity contribution < 1.29 is 18.8 Å². The summed E-state index contributed by atoms with van der Waals surface area (Å²) in [6, 6.07) is 0. The first-order chi connectivity index (χ1) is 6.99. The third kappa shape index (κ3) is 1.99. The molecule has 0 fully saturated rings. The molecule has 0 bridgehead atoms. The molecular formula is C7H6F2N2O4. The number of nitro groups is 1. The van der Waals surface area contributed by atoms with Gasteiger partial charge in [0.1, 0.15) is 11.1 Å². The van der Waals surface area contributed by atoms with Gasteiger partial charge in [0.2, 0.25) is 0 Å². The second-order valence-electron chi connectivity index (χ2n) is 2.62. The van der Waals surface area contributed by atoms with Crippen molar-refractivity contribution in [3.8, 4) is 0 Å². The molecule has 0 saturated heterocycles. The average molecular weight is 220 g/mol. The maximum atomic E-state index is 12.3. The molecule has 1 heterocycles. The van der Waals surface area contributed by atoms with Gasteiger partial charge in [0.15, 0.2) is 0 Å². The molecule has 0 aliphatic heterocycles. The highest BCUT2D eigenvalue weighted by molar-refractivity contribution is 5.45. The Morgan fingerprint density at radius 1 is 1.60 bits per heavy atom. The molecule has 0 aliphatic carbocycles. The zero-order valence-corrected chi connectivity index (χ0v) is 7.24. The number of hydrogen-bond acceptors (Lipinski definition) is 4. The van der Waals surface area contributed by atoms with Gasteiger partial charge >= 0.3 is 0 Å². The first-order valence-corrected chi connectivity index (χ1v) is 3.77. The van der Waals surface area contributed by atoms with Crippen LogP contribution in [0.3, 0.4) is 0 Å². The normalized spacial score (nSPS) is 10.7. The molecule has 1 aromatic rings. The molecule has 82 valence electrons. The fourth-order valence-electron chi connectivity index (χ4n) is 1.11. The van der Waals surface area contributed by atoms with E-state index in [9.17, 15) is 23.7 Å². The summed E-state index contributed by atoms with van der Waals surface area (Å²) in [6.07, 6.45) is -2.52. The first kappa shape index (κ1) is 11.2. The fourth-order valence-corrected chi connectivity index (χ4v) is 1.11. The van der Waals surface area contributed by atoms with Crippen LogP contribution in [0.5, 0.6) is 0 Å². The monoisotopic (exact) mass is 220 g/mol. The van der Waals surface area contributed by atoms with Crippen molar-refractivity contribution in [3.63, 3.8) is 0 Å². The lowest BCUT2D eigenvalue weighted by Crippen LogP contribution is -2.16. The van der Waals surface area contributed by atoms with E-state index in [1.165, 1.54) is 0 Å². The van der Waals surface area contributed by atoms with Crippen molar-refractivity contribution in [1.82, 2.24) is 4.98 Å². The van der Waals surface area contributed by atoms with E-state index in [1.54, 1.807) is 0 Å². The Balaban J connectivity index is 3.56. The molecule has 0 aliphatic rings. The number of pyridine rings is 1. The van der Waals surface area contributed by atoms with E-state index < -0.39 is 40.3 Å². The van der Waals surface area contributed by atoms with Gasteiger partial charge in [-0.15, -0.1) is 0 Å². The van der Waals surface area contributed by atoms with Crippen molar-refractivity contribution in [3.05, 3.63) is 37.8 Å². The number of aromatic amines is 1. The highest BCUT2D eigenvalue weighted by Gasteiger charge is 2.27. The lowest BCUT2D eigenvalue weighted by molar-refractivity contribution is -0.387. The predicted molar refractivity (Wildman–Crippen MR) is 44.6 cm³/mol. The van der Waals surface area contributed by atoms with Crippen molar-refractivity contribution in [2.24, 2.45) is 0 Å². The van der Waals surface area contributed by atoms with Gasteiger partial charge in [0, 0.05) is 6.20 Å². The Bertz CT molecular complexity index is 443. The van der Waals surface area contributed by atoms with Crippen LogP contribution < -0.4 is 5.56 Å². The van der Waals surface area contributed by atoms with Crippen LogP contribution in [0, 0.1) is 10.1 Å². The molecule has 15 heavy (non-hydrogen) atoms. The zero-order chi connectivity index (χ0) is 11.6. The molecule has 8 heteroatoms. The number of halogens is 2. The highest BCUT2D eigenvalue weighted by Crippen LogP contribution is 2.29. The Morgan fingerprint density at radius 3 is 2.60 bits per heavy atom. The molecule has 0 unspecified atom stereocenters. The minimum atomic E-state index is -3.09. The Morgan fingerprint density at radius 2 is 2.20 bits per heavy atom.